The summed E-state index contributed by atoms with van der Waals surface area (Å²) in [5.41, 5.74) is -1.20. The molecule has 2 saturated heterocycles. The largest absolute Gasteiger partial charge is 0.416 e. The van der Waals surface area contributed by atoms with Gasteiger partial charge in [-0.05, 0) is 18.6 Å². The van der Waals surface area contributed by atoms with Gasteiger partial charge in [0.1, 0.15) is 5.69 Å². The highest BCUT2D eigenvalue weighted by atomic mass is 19.4. The SMILES string of the molecule is O=[N+]([O-])c1cc(C(F)(F)F)ccc1N1CCC(N2CCNCC2)C1. The summed E-state index contributed by atoms with van der Waals surface area (Å²) in [7, 11) is 0. The minimum absolute atomic E-state index is 0.269. The van der Waals surface area contributed by atoms with Crippen LogP contribution in [0.3, 0.4) is 0 Å². The van der Waals surface area contributed by atoms with E-state index in [0.717, 1.165) is 38.7 Å². The van der Waals surface area contributed by atoms with E-state index in [9.17, 15) is 23.3 Å². The molecule has 9 heteroatoms. The second kappa shape index (κ2) is 6.56. The standard InChI is InChI=1S/C15H19F3N4O2/c16-15(17,18)11-1-2-13(14(9-11)22(23)24)21-6-3-12(10-21)20-7-4-19-5-8-20/h1-2,9,12,19H,3-8,10H2. The molecule has 6 nitrogen and oxygen atoms in total. The molecule has 0 saturated carbocycles. The molecule has 2 aliphatic rings. The number of alkyl halides is 3. The van der Waals surface area contributed by atoms with Crippen LogP contribution in [-0.2, 0) is 6.18 Å². The molecule has 2 heterocycles. The smallest absolute Gasteiger partial charge is 0.364 e. The Kier molecular flexibility index (Phi) is 4.64. The molecular formula is C15H19F3N4O2. The summed E-state index contributed by atoms with van der Waals surface area (Å²) in [6, 6.07) is 3.06. The average molecular weight is 344 g/mol. The van der Waals surface area contributed by atoms with Crippen molar-refractivity contribution in [3.8, 4) is 0 Å². The quantitative estimate of drug-likeness (QED) is 0.672. The van der Waals surface area contributed by atoms with Gasteiger partial charge < -0.3 is 10.2 Å². The van der Waals surface area contributed by atoms with Crippen molar-refractivity contribution < 1.29 is 18.1 Å². The van der Waals surface area contributed by atoms with Crippen LogP contribution >= 0.6 is 0 Å². The first-order valence-corrected chi connectivity index (χ1v) is 7.91. The number of nitrogens with one attached hydrogen (secondary N) is 1. The number of benzene rings is 1. The van der Waals surface area contributed by atoms with E-state index in [1.807, 2.05) is 4.90 Å². The Labute approximate surface area is 137 Å². The minimum atomic E-state index is -4.59. The molecule has 24 heavy (non-hydrogen) atoms. The Balaban J connectivity index is 1.80. The van der Waals surface area contributed by atoms with Crippen molar-refractivity contribution in [2.45, 2.75) is 18.6 Å². The van der Waals surface area contributed by atoms with Crippen molar-refractivity contribution in [2.75, 3.05) is 44.2 Å². The summed E-state index contributed by atoms with van der Waals surface area (Å²) in [4.78, 5) is 14.7. The van der Waals surface area contributed by atoms with Gasteiger partial charge in [0.25, 0.3) is 5.69 Å². The number of nitro benzene ring substituents is 1. The number of hydrogen-bond acceptors (Lipinski definition) is 5. The number of hydrogen-bond donors (Lipinski definition) is 1. The lowest BCUT2D eigenvalue weighted by atomic mass is 10.1. The van der Waals surface area contributed by atoms with Crippen LogP contribution in [0.2, 0.25) is 0 Å². The zero-order valence-corrected chi connectivity index (χ0v) is 13.1. The van der Waals surface area contributed by atoms with Crippen molar-refractivity contribution in [3.63, 3.8) is 0 Å². The van der Waals surface area contributed by atoms with E-state index in [1.165, 1.54) is 6.07 Å². The zero-order valence-electron chi connectivity index (χ0n) is 13.1. The molecule has 2 fully saturated rings. The van der Waals surface area contributed by atoms with Gasteiger partial charge in [-0.2, -0.15) is 13.2 Å². The molecule has 0 bridgehead atoms. The first-order chi connectivity index (χ1) is 11.4. The zero-order chi connectivity index (χ0) is 17.3. The van der Waals surface area contributed by atoms with E-state index in [-0.39, 0.29) is 11.7 Å². The fourth-order valence-corrected chi connectivity index (χ4v) is 3.42. The Morgan fingerprint density at radius 2 is 1.92 bits per heavy atom. The number of piperazine rings is 1. The summed E-state index contributed by atoms with van der Waals surface area (Å²) in [5, 5.41) is 14.5. The lowest BCUT2D eigenvalue weighted by Crippen LogP contribution is -2.49. The van der Waals surface area contributed by atoms with E-state index in [0.29, 0.717) is 19.2 Å². The highest BCUT2D eigenvalue weighted by Gasteiger charge is 2.36. The van der Waals surface area contributed by atoms with Gasteiger partial charge >= 0.3 is 6.18 Å². The molecular weight excluding hydrogens is 325 g/mol. The average Bonchev–Trinajstić information content (AvgIpc) is 3.04. The number of halogens is 3. The van der Waals surface area contributed by atoms with E-state index < -0.39 is 22.4 Å². The second-order valence-corrected chi connectivity index (χ2v) is 6.13. The van der Waals surface area contributed by atoms with E-state index in [2.05, 4.69) is 10.2 Å². The molecule has 0 aromatic heterocycles. The normalized spacial score (nSPS) is 22.8. The lowest BCUT2D eigenvalue weighted by molar-refractivity contribution is -0.384. The first kappa shape index (κ1) is 17.0. The van der Waals surface area contributed by atoms with Crippen molar-refractivity contribution in [2.24, 2.45) is 0 Å². The number of nitro groups is 1. The highest BCUT2D eigenvalue weighted by Crippen LogP contribution is 2.37. The van der Waals surface area contributed by atoms with Crippen LogP contribution in [0.1, 0.15) is 12.0 Å². The van der Waals surface area contributed by atoms with Crippen LogP contribution in [-0.4, -0.2) is 55.1 Å². The summed E-state index contributed by atoms with van der Waals surface area (Å²) in [6.45, 7) is 4.89. The second-order valence-electron chi connectivity index (χ2n) is 6.13. The van der Waals surface area contributed by atoms with Gasteiger partial charge in [-0.1, -0.05) is 0 Å². The summed E-state index contributed by atoms with van der Waals surface area (Å²) < 4.78 is 38.4. The van der Waals surface area contributed by atoms with Gasteiger partial charge in [-0.15, -0.1) is 0 Å². The number of rotatable bonds is 3. The number of anilines is 1. The molecule has 0 spiro atoms. The lowest BCUT2D eigenvalue weighted by Gasteiger charge is -2.32. The van der Waals surface area contributed by atoms with Crippen LogP contribution in [0.25, 0.3) is 0 Å². The topological polar surface area (TPSA) is 61.7 Å². The third-order valence-corrected chi connectivity index (χ3v) is 4.67. The molecule has 0 radical (unpaired) electrons. The molecule has 1 N–H and O–H groups in total. The fraction of sp³-hybridized carbons (Fsp3) is 0.600. The van der Waals surface area contributed by atoms with Gasteiger partial charge in [0.2, 0.25) is 0 Å². The van der Waals surface area contributed by atoms with Crippen LogP contribution in [0.5, 0.6) is 0 Å². The van der Waals surface area contributed by atoms with Gasteiger partial charge in [-0.3, -0.25) is 15.0 Å². The van der Waals surface area contributed by atoms with Gasteiger partial charge in [0.05, 0.1) is 10.5 Å². The van der Waals surface area contributed by atoms with Gasteiger partial charge in [0, 0.05) is 51.4 Å². The van der Waals surface area contributed by atoms with Crippen molar-refractivity contribution in [1.29, 1.82) is 0 Å². The summed E-state index contributed by atoms with van der Waals surface area (Å²) in [6.07, 6.45) is -3.73. The van der Waals surface area contributed by atoms with Gasteiger partial charge in [-0.25, -0.2) is 0 Å². The summed E-state index contributed by atoms with van der Waals surface area (Å²) >= 11 is 0. The molecule has 1 aromatic rings. The van der Waals surface area contributed by atoms with Crippen molar-refractivity contribution in [3.05, 3.63) is 33.9 Å². The molecule has 0 aliphatic carbocycles. The molecule has 132 valence electrons. The van der Waals surface area contributed by atoms with Crippen LogP contribution in [0.15, 0.2) is 18.2 Å². The Morgan fingerprint density at radius 1 is 1.21 bits per heavy atom. The maximum atomic E-state index is 12.8. The Hall–Kier alpha value is -1.87. The molecule has 0 amide bonds. The predicted octanol–water partition coefficient (Wildman–Crippen LogP) is 2.10. The summed E-state index contributed by atoms with van der Waals surface area (Å²) in [5.74, 6) is 0. The monoisotopic (exact) mass is 344 g/mol. The maximum absolute atomic E-state index is 12.8. The van der Waals surface area contributed by atoms with Crippen LogP contribution < -0.4 is 10.2 Å². The molecule has 2 aliphatic heterocycles. The Bertz CT molecular complexity index is 617. The third kappa shape index (κ3) is 3.46. The van der Waals surface area contributed by atoms with Crippen LogP contribution in [0, 0.1) is 10.1 Å². The molecule has 1 atom stereocenters. The van der Waals surface area contributed by atoms with Gasteiger partial charge in [0.15, 0.2) is 0 Å². The van der Waals surface area contributed by atoms with Crippen molar-refractivity contribution >= 4 is 11.4 Å². The van der Waals surface area contributed by atoms with E-state index in [1.54, 1.807) is 0 Å². The van der Waals surface area contributed by atoms with Crippen LogP contribution in [0.4, 0.5) is 24.5 Å². The van der Waals surface area contributed by atoms with E-state index >= 15 is 0 Å². The first-order valence-electron chi connectivity index (χ1n) is 7.91. The predicted molar refractivity (Wildman–Crippen MR) is 83.2 cm³/mol. The Morgan fingerprint density at radius 3 is 2.54 bits per heavy atom. The number of nitrogens with zero attached hydrogens (tertiary/aromatic N) is 3. The molecule has 1 unspecified atom stereocenters. The molecule has 3 rings (SSSR count). The third-order valence-electron chi connectivity index (χ3n) is 4.67. The highest BCUT2D eigenvalue weighted by molar-refractivity contribution is 5.65. The maximum Gasteiger partial charge on any atom is 0.416 e. The van der Waals surface area contributed by atoms with E-state index in [4.69, 9.17) is 0 Å². The van der Waals surface area contributed by atoms with Crippen molar-refractivity contribution in [1.82, 2.24) is 10.2 Å². The fourth-order valence-electron chi connectivity index (χ4n) is 3.42. The molecule has 1 aromatic carbocycles. The minimum Gasteiger partial charge on any atom is -0.364 e.